The Morgan fingerprint density at radius 2 is 2.03 bits per heavy atom. The predicted octanol–water partition coefficient (Wildman–Crippen LogP) is 4.24. The van der Waals surface area contributed by atoms with E-state index in [1.54, 1.807) is 17.2 Å². The molecule has 0 aliphatic carbocycles. The van der Waals surface area contributed by atoms with Crippen molar-refractivity contribution in [1.29, 1.82) is 0 Å². The molecule has 1 atom stereocenters. The molecule has 170 valence electrons. The molecule has 1 aliphatic heterocycles. The first-order chi connectivity index (χ1) is 14.5. The quantitative estimate of drug-likeness (QED) is 0.322. The minimum absolute atomic E-state index is 0. The fourth-order valence-corrected chi connectivity index (χ4v) is 4.31. The number of aldehydes is 1. The number of aryl methyl sites for hydroxylation is 2. The molecule has 0 fully saturated rings. The van der Waals surface area contributed by atoms with Crippen molar-refractivity contribution in [2.45, 2.75) is 26.3 Å². The summed E-state index contributed by atoms with van der Waals surface area (Å²) in [7, 11) is 4.51. The van der Waals surface area contributed by atoms with Crippen molar-refractivity contribution < 1.29 is 14.0 Å². The van der Waals surface area contributed by atoms with E-state index in [0.29, 0.717) is 31.5 Å². The summed E-state index contributed by atoms with van der Waals surface area (Å²) in [6.07, 6.45) is 5.69. The van der Waals surface area contributed by atoms with Crippen LogP contribution in [0.3, 0.4) is 0 Å². The van der Waals surface area contributed by atoms with E-state index in [1.165, 1.54) is 0 Å². The number of para-hydroxylation sites is 1. The van der Waals surface area contributed by atoms with Crippen molar-refractivity contribution in [3.05, 3.63) is 65.1 Å². The van der Waals surface area contributed by atoms with E-state index in [1.807, 2.05) is 49.2 Å². The lowest BCUT2D eigenvalue weighted by molar-refractivity contribution is -0.118. The third-order valence-corrected chi connectivity index (χ3v) is 5.91. The molecule has 0 saturated carbocycles. The topological polar surface area (TPSA) is 137 Å². The molecular formula is C23H30N5O3P. The van der Waals surface area contributed by atoms with Crippen LogP contribution in [0.1, 0.15) is 28.9 Å². The van der Waals surface area contributed by atoms with Crippen molar-refractivity contribution >= 4 is 43.9 Å². The fraction of sp³-hybridized carbons (Fsp3) is 0.261. The third kappa shape index (κ3) is 4.58. The molecule has 1 aromatic carbocycles. The number of benzene rings is 1. The molecule has 0 spiro atoms. The van der Waals surface area contributed by atoms with Gasteiger partial charge in [-0.15, -0.1) is 9.24 Å². The number of nitrogens with zero attached hydrogens (tertiary/aromatic N) is 3. The summed E-state index contributed by atoms with van der Waals surface area (Å²) in [5.74, 6) is 1.64. The first kappa shape index (κ1) is 25.2. The second-order valence-corrected chi connectivity index (χ2v) is 7.77. The van der Waals surface area contributed by atoms with Crippen LogP contribution in [-0.4, -0.2) is 35.4 Å². The number of carbonyl (C=O) groups excluding carboxylic acids is 2. The van der Waals surface area contributed by atoms with Gasteiger partial charge in [-0.2, -0.15) is 0 Å². The Morgan fingerprint density at radius 1 is 1.28 bits per heavy atom. The number of furan rings is 1. The lowest BCUT2D eigenvalue weighted by Gasteiger charge is -2.28. The number of pyridine rings is 1. The summed E-state index contributed by atoms with van der Waals surface area (Å²) < 4.78 is 6.05. The first-order valence-electron chi connectivity index (χ1n) is 9.86. The Labute approximate surface area is 190 Å². The molecule has 1 aliphatic rings. The Balaban J connectivity index is 0.00000181. The van der Waals surface area contributed by atoms with Gasteiger partial charge in [-0.05, 0) is 31.0 Å². The number of hydrogen-bond donors (Lipinski definition) is 2. The summed E-state index contributed by atoms with van der Waals surface area (Å²) in [5, 5.41) is 1.10. The number of amides is 1. The molecule has 3 aromatic rings. The molecule has 0 bridgehead atoms. The minimum Gasteiger partial charge on any atom is -0.459 e. The van der Waals surface area contributed by atoms with Gasteiger partial charge < -0.3 is 21.6 Å². The number of fused-ring (bicyclic) bond motifs is 2. The van der Waals surface area contributed by atoms with Gasteiger partial charge in [0.05, 0.1) is 6.54 Å². The molecule has 6 N–H and O–H groups in total. The Hall–Kier alpha value is -3.06. The summed E-state index contributed by atoms with van der Waals surface area (Å²) in [6, 6.07) is 9.99. The van der Waals surface area contributed by atoms with Crippen LogP contribution in [-0.2, 0) is 22.6 Å². The predicted molar refractivity (Wildman–Crippen MR) is 131 cm³/mol. The van der Waals surface area contributed by atoms with Crippen LogP contribution < -0.4 is 17.2 Å². The maximum absolute atomic E-state index is 12.1. The summed E-state index contributed by atoms with van der Waals surface area (Å²) in [5.41, 5.74) is 4.57. The molecule has 0 saturated heterocycles. The van der Waals surface area contributed by atoms with Gasteiger partial charge in [-0.25, -0.2) is 4.98 Å². The van der Waals surface area contributed by atoms with Crippen LogP contribution in [0.5, 0.6) is 0 Å². The number of hydrogen-bond acceptors (Lipinski definition) is 7. The molecule has 9 heteroatoms. The molecular weight excluding hydrogens is 425 g/mol. The average molecular weight is 455 g/mol. The summed E-state index contributed by atoms with van der Waals surface area (Å²) in [6.45, 7) is 2.57. The van der Waals surface area contributed by atoms with Crippen LogP contribution in [0.2, 0.25) is 0 Å². The van der Waals surface area contributed by atoms with Crippen molar-refractivity contribution in [3.63, 3.8) is 0 Å². The standard InChI is InChI=1S/C23H24N3O3P.2H3N/c1-15-18-5-3-4-6-20(18)29-21(15)13-25(2)19(9-10-27)17-11-16-7-8-22(28)26(14-30)23(16)24-12-17;;/h3-6,9-12H,7-8,13-14,30H2,1-2H3;2*1H3/b19-9+;;. The van der Waals surface area contributed by atoms with Gasteiger partial charge in [-0.3, -0.25) is 14.5 Å². The van der Waals surface area contributed by atoms with E-state index in [9.17, 15) is 9.59 Å². The maximum atomic E-state index is 12.1. The SMILES string of the molecule is Cc1c(CN(C)/C(=C/C=O)c2cnc3c(c2)CCC(=O)N3CP)oc2ccccc12.N.N. The second kappa shape index (κ2) is 10.5. The van der Waals surface area contributed by atoms with Crippen LogP contribution >= 0.6 is 9.24 Å². The smallest absolute Gasteiger partial charge is 0.228 e. The van der Waals surface area contributed by atoms with Crippen molar-refractivity contribution in [3.8, 4) is 0 Å². The zero-order valence-electron chi connectivity index (χ0n) is 18.5. The average Bonchev–Trinajstić information content (AvgIpc) is 3.07. The van der Waals surface area contributed by atoms with E-state index >= 15 is 0 Å². The van der Waals surface area contributed by atoms with Crippen LogP contribution in [0.15, 0.2) is 47.0 Å². The number of carbonyl (C=O) groups is 2. The number of allylic oxidation sites excluding steroid dienone is 1. The monoisotopic (exact) mass is 455 g/mol. The zero-order valence-corrected chi connectivity index (χ0v) is 19.7. The largest absolute Gasteiger partial charge is 0.459 e. The summed E-state index contributed by atoms with van der Waals surface area (Å²) in [4.78, 5) is 31.7. The Morgan fingerprint density at radius 3 is 2.72 bits per heavy atom. The van der Waals surface area contributed by atoms with Crippen molar-refractivity contribution in [2.75, 3.05) is 18.2 Å². The maximum Gasteiger partial charge on any atom is 0.228 e. The van der Waals surface area contributed by atoms with Crippen LogP contribution in [0, 0.1) is 6.92 Å². The van der Waals surface area contributed by atoms with Gasteiger partial charge in [0.2, 0.25) is 5.91 Å². The molecule has 4 rings (SSSR count). The first-order valence-corrected chi connectivity index (χ1v) is 10.7. The fourth-order valence-electron chi connectivity index (χ4n) is 3.94. The van der Waals surface area contributed by atoms with Crippen molar-refractivity contribution in [2.24, 2.45) is 0 Å². The Bertz CT molecular complexity index is 1160. The number of rotatable bonds is 6. The molecule has 2 aromatic heterocycles. The van der Waals surface area contributed by atoms with Crippen LogP contribution in [0.4, 0.5) is 5.82 Å². The zero-order chi connectivity index (χ0) is 21.3. The highest BCUT2D eigenvalue weighted by Crippen LogP contribution is 2.31. The van der Waals surface area contributed by atoms with Crippen molar-refractivity contribution in [1.82, 2.24) is 22.2 Å². The molecule has 3 heterocycles. The van der Waals surface area contributed by atoms with Gasteiger partial charge in [0.25, 0.3) is 0 Å². The highest BCUT2D eigenvalue weighted by molar-refractivity contribution is 7.16. The van der Waals surface area contributed by atoms with Crippen LogP contribution in [0.25, 0.3) is 16.7 Å². The molecule has 1 unspecified atom stereocenters. The van der Waals surface area contributed by atoms with E-state index in [4.69, 9.17) is 4.42 Å². The van der Waals surface area contributed by atoms with Gasteiger partial charge in [0, 0.05) is 54.2 Å². The van der Waals surface area contributed by atoms with E-state index < -0.39 is 0 Å². The van der Waals surface area contributed by atoms with E-state index in [-0.39, 0.29) is 18.2 Å². The molecule has 8 nitrogen and oxygen atoms in total. The number of aromatic nitrogens is 1. The summed E-state index contributed by atoms with van der Waals surface area (Å²) >= 11 is 0. The lowest BCUT2D eigenvalue weighted by atomic mass is 10.0. The number of anilines is 1. The molecule has 1 amide bonds. The van der Waals surface area contributed by atoms with E-state index in [2.05, 4.69) is 14.2 Å². The highest BCUT2D eigenvalue weighted by atomic mass is 31.0. The highest BCUT2D eigenvalue weighted by Gasteiger charge is 2.25. The van der Waals surface area contributed by atoms with Gasteiger partial charge in [0.15, 0.2) is 0 Å². The lowest BCUT2D eigenvalue weighted by Crippen LogP contribution is -2.34. The normalized spacial score (nSPS) is 13.3. The second-order valence-electron chi connectivity index (χ2n) is 7.40. The van der Waals surface area contributed by atoms with Gasteiger partial charge >= 0.3 is 0 Å². The minimum atomic E-state index is 0. The third-order valence-electron chi connectivity index (χ3n) is 5.55. The van der Waals surface area contributed by atoms with Gasteiger partial charge in [0.1, 0.15) is 23.4 Å². The van der Waals surface area contributed by atoms with E-state index in [0.717, 1.165) is 45.4 Å². The van der Waals surface area contributed by atoms with Gasteiger partial charge in [-0.1, -0.05) is 18.2 Å². The molecule has 0 radical (unpaired) electrons. The Kier molecular flexibility index (Phi) is 8.27. The molecule has 32 heavy (non-hydrogen) atoms.